The van der Waals surface area contributed by atoms with E-state index in [0.717, 1.165) is 22.7 Å². The first-order valence-electron chi connectivity index (χ1n) is 24.0. The summed E-state index contributed by atoms with van der Waals surface area (Å²) < 4.78 is 2.38. The molecule has 0 radical (unpaired) electrons. The van der Waals surface area contributed by atoms with E-state index in [2.05, 4.69) is 278 Å². The molecule has 12 aromatic rings. The molecule has 0 bridgehead atoms. The van der Waals surface area contributed by atoms with Crippen LogP contribution in [-0.2, 0) is 5.41 Å². The lowest BCUT2D eigenvalue weighted by Crippen LogP contribution is -2.14. The Kier molecular flexibility index (Phi) is 9.55. The topological polar surface area (TPSA) is 8.17 Å². The molecule has 0 saturated carbocycles. The Hall–Kier alpha value is -8.72. The van der Waals surface area contributed by atoms with Crippen LogP contribution in [-0.4, -0.2) is 4.57 Å². The lowest BCUT2D eigenvalue weighted by molar-refractivity contribution is 0.660. The van der Waals surface area contributed by atoms with E-state index in [-0.39, 0.29) is 5.41 Å². The minimum absolute atomic E-state index is 0.107. The van der Waals surface area contributed by atoms with Crippen LogP contribution in [0.15, 0.2) is 255 Å². The van der Waals surface area contributed by atoms with E-state index in [0.29, 0.717) is 0 Å². The van der Waals surface area contributed by atoms with Gasteiger partial charge in [-0.05, 0) is 133 Å². The van der Waals surface area contributed by atoms with E-state index in [9.17, 15) is 0 Å². The van der Waals surface area contributed by atoms with Gasteiger partial charge < -0.3 is 9.47 Å². The number of rotatable bonds is 8. The molecule has 69 heavy (non-hydrogen) atoms. The summed E-state index contributed by atoms with van der Waals surface area (Å²) in [5.41, 5.74) is 21.8. The normalized spacial score (nSPS) is 12.6. The second-order valence-electron chi connectivity index (χ2n) is 18.8. The number of benzene rings is 11. The Morgan fingerprint density at radius 2 is 0.870 bits per heavy atom. The van der Waals surface area contributed by atoms with Crippen LogP contribution in [0.2, 0.25) is 0 Å². The van der Waals surface area contributed by atoms with Gasteiger partial charge in [-0.15, -0.1) is 0 Å². The first-order chi connectivity index (χ1) is 34.0. The molecule has 326 valence electrons. The van der Waals surface area contributed by atoms with Crippen LogP contribution in [0.3, 0.4) is 0 Å². The van der Waals surface area contributed by atoms with E-state index in [1.54, 1.807) is 0 Å². The third kappa shape index (κ3) is 6.63. The van der Waals surface area contributed by atoms with Gasteiger partial charge in [0.25, 0.3) is 0 Å². The summed E-state index contributed by atoms with van der Waals surface area (Å²) in [4.78, 5) is 2.45. The first-order valence-corrected chi connectivity index (χ1v) is 24.0. The molecule has 0 saturated heterocycles. The van der Waals surface area contributed by atoms with Gasteiger partial charge in [0, 0.05) is 38.8 Å². The SMILES string of the molecule is CC1(C)c2ccccc2-c2c(-c3ccccc3N(c3ccc(-c4ccc5c(c4)c4ccccc4n5-c4ccccc4)cc3)c3ccc(-c4cccc5cccc(-c6ccccc6)c45)cc3)cccc21. The Morgan fingerprint density at radius 3 is 1.61 bits per heavy atom. The highest BCUT2D eigenvalue weighted by atomic mass is 15.1. The second kappa shape index (κ2) is 16.3. The van der Waals surface area contributed by atoms with Gasteiger partial charge in [0.05, 0.1) is 16.7 Å². The maximum absolute atomic E-state index is 2.45. The number of nitrogens with zero attached hydrogens (tertiary/aromatic N) is 2. The quantitative estimate of drug-likeness (QED) is 0.148. The maximum atomic E-state index is 2.45. The van der Waals surface area contributed by atoms with Crippen LogP contribution in [0.5, 0.6) is 0 Å². The van der Waals surface area contributed by atoms with Crippen molar-refractivity contribution in [2.75, 3.05) is 4.90 Å². The molecule has 0 spiro atoms. The minimum Gasteiger partial charge on any atom is -0.310 e. The van der Waals surface area contributed by atoms with E-state index in [1.165, 1.54) is 99.3 Å². The van der Waals surface area contributed by atoms with Gasteiger partial charge in [0.1, 0.15) is 0 Å². The predicted molar refractivity (Wildman–Crippen MR) is 292 cm³/mol. The van der Waals surface area contributed by atoms with Gasteiger partial charge in [0.15, 0.2) is 0 Å². The van der Waals surface area contributed by atoms with Gasteiger partial charge in [-0.25, -0.2) is 0 Å². The molecule has 13 rings (SSSR count). The van der Waals surface area contributed by atoms with Crippen LogP contribution in [0.25, 0.3) is 93.9 Å². The van der Waals surface area contributed by atoms with Crippen LogP contribution >= 0.6 is 0 Å². The molecule has 0 unspecified atom stereocenters. The molecule has 0 aliphatic heterocycles. The van der Waals surface area contributed by atoms with Crippen molar-refractivity contribution in [2.45, 2.75) is 19.3 Å². The average Bonchev–Trinajstić information content (AvgIpc) is 3.87. The molecule has 1 heterocycles. The summed E-state index contributed by atoms with van der Waals surface area (Å²) in [6, 6.07) is 93.6. The Bertz CT molecular complexity index is 3890. The molecule has 1 aliphatic rings. The third-order valence-electron chi connectivity index (χ3n) is 14.6. The highest BCUT2D eigenvalue weighted by molar-refractivity contribution is 6.11. The number of aromatic nitrogens is 1. The zero-order chi connectivity index (χ0) is 46.1. The molecule has 2 heteroatoms. The van der Waals surface area contributed by atoms with Crippen LogP contribution in [0, 0.1) is 0 Å². The summed E-state index contributed by atoms with van der Waals surface area (Å²) in [5.74, 6) is 0. The predicted octanol–water partition coefficient (Wildman–Crippen LogP) is 18.4. The van der Waals surface area contributed by atoms with Crippen molar-refractivity contribution < 1.29 is 0 Å². The number of anilines is 3. The van der Waals surface area contributed by atoms with E-state index in [1.807, 2.05) is 0 Å². The van der Waals surface area contributed by atoms with Crippen molar-refractivity contribution >= 4 is 49.6 Å². The Balaban J connectivity index is 0.958. The second-order valence-corrected chi connectivity index (χ2v) is 18.8. The van der Waals surface area contributed by atoms with E-state index < -0.39 is 0 Å². The molecule has 0 amide bonds. The van der Waals surface area contributed by atoms with Gasteiger partial charge in [-0.1, -0.05) is 208 Å². The zero-order valence-electron chi connectivity index (χ0n) is 38.6. The van der Waals surface area contributed by atoms with Crippen LogP contribution in [0.4, 0.5) is 17.1 Å². The lowest BCUT2D eigenvalue weighted by Gasteiger charge is -2.29. The van der Waals surface area contributed by atoms with E-state index >= 15 is 0 Å². The fraction of sp³-hybridized carbons (Fsp3) is 0.0448. The number of hydrogen-bond acceptors (Lipinski definition) is 1. The van der Waals surface area contributed by atoms with Crippen molar-refractivity contribution in [3.63, 3.8) is 0 Å². The molecule has 2 nitrogen and oxygen atoms in total. The molecule has 1 aromatic heterocycles. The zero-order valence-corrected chi connectivity index (χ0v) is 38.6. The van der Waals surface area contributed by atoms with Crippen molar-refractivity contribution in [1.29, 1.82) is 0 Å². The molecule has 0 fully saturated rings. The van der Waals surface area contributed by atoms with Gasteiger partial charge in [-0.3, -0.25) is 0 Å². The van der Waals surface area contributed by atoms with Gasteiger partial charge in [-0.2, -0.15) is 0 Å². The van der Waals surface area contributed by atoms with Gasteiger partial charge >= 0.3 is 0 Å². The molecule has 0 atom stereocenters. The highest BCUT2D eigenvalue weighted by Gasteiger charge is 2.37. The number of para-hydroxylation sites is 3. The van der Waals surface area contributed by atoms with Crippen LogP contribution < -0.4 is 4.90 Å². The van der Waals surface area contributed by atoms with Crippen LogP contribution in [0.1, 0.15) is 25.0 Å². The Morgan fingerprint density at radius 1 is 0.348 bits per heavy atom. The highest BCUT2D eigenvalue weighted by Crippen LogP contribution is 2.54. The van der Waals surface area contributed by atoms with E-state index in [4.69, 9.17) is 0 Å². The van der Waals surface area contributed by atoms with Crippen molar-refractivity contribution in [2.24, 2.45) is 0 Å². The molecular weight excluding hydrogens is 833 g/mol. The van der Waals surface area contributed by atoms with Crippen molar-refractivity contribution in [1.82, 2.24) is 4.57 Å². The largest absolute Gasteiger partial charge is 0.310 e. The molecular formula is C67H48N2. The fourth-order valence-electron chi connectivity index (χ4n) is 11.3. The minimum atomic E-state index is -0.107. The third-order valence-corrected chi connectivity index (χ3v) is 14.6. The Labute approximate surface area is 403 Å². The summed E-state index contributed by atoms with van der Waals surface area (Å²) in [6.07, 6.45) is 0. The molecule has 0 N–H and O–H groups in total. The molecule has 11 aromatic carbocycles. The number of hydrogen-bond donors (Lipinski definition) is 0. The van der Waals surface area contributed by atoms with Crippen molar-refractivity contribution in [3.05, 3.63) is 266 Å². The van der Waals surface area contributed by atoms with Crippen molar-refractivity contribution in [3.8, 4) is 61.3 Å². The first kappa shape index (κ1) is 40.5. The monoisotopic (exact) mass is 880 g/mol. The summed E-state index contributed by atoms with van der Waals surface area (Å²) >= 11 is 0. The standard InChI is InChI=1S/C67H48N2/c1-67(2)60-30-12-9-26-58(60)66-57(29-17-31-61(66)67)55-24-10-13-32-62(55)68(52-41-36-47(37-42-52)54-28-16-21-48-20-15-27-53(65(48)54)46-18-5-3-6-19-46)51-39-34-45(35-40-51)49-38-43-64-59(44-49)56-25-11-14-33-63(56)69(64)50-22-7-4-8-23-50/h3-44H,1-2H3. The summed E-state index contributed by atoms with van der Waals surface area (Å²) in [6.45, 7) is 4.72. The summed E-state index contributed by atoms with van der Waals surface area (Å²) in [5, 5.41) is 4.99. The summed E-state index contributed by atoms with van der Waals surface area (Å²) in [7, 11) is 0. The molecule has 1 aliphatic carbocycles. The lowest BCUT2D eigenvalue weighted by atomic mass is 9.82. The average molecular weight is 881 g/mol. The fourth-order valence-corrected chi connectivity index (χ4v) is 11.3. The maximum Gasteiger partial charge on any atom is 0.0541 e. The smallest absolute Gasteiger partial charge is 0.0541 e. The van der Waals surface area contributed by atoms with Gasteiger partial charge in [0.2, 0.25) is 0 Å². The number of fused-ring (bicyclic) bond motifs is 7.